The van der Waals surface area contributed by atoms with Crippen molar-refractivity contribution in [2.24, 2.45) is 5.92 Å². The molecule has 23 heavy (non-hydrogen) atoms. The van der Waals surface area contributed by atoms with Gasteiger partial charge in [-0.15, -0.1) is 0 Å². The maximum atomic E-state index is 12.3. The fraction of sp³-hybridized carbons (Fsp3) is 0.471. The number of benzene rings is 1. The highest BCUT2D eigenvalue weighted by Crippen LogP contribution is 2.26. The lowest BCUT2D eigenvalue weighted by Crippen LogP contribution is -2.46. The number of hydrogen-bond donors (Lipinski definition) is 2. The molecule has 3 rings (SSSR count). The van der Waals surface area contributed by atoms with Crippen LogP contribution in [-0.2, 0) is 16.1 Å². The van der Waals surface area contributed by atoms with Gasteiger partial charge in [0.15, 0.2) is 0 Å². The SMILES string of the molecule is CNC(=O)[C@@H]1CCC[C@@H]1NC(=O)CN1Cc2ccccc2C1=O. The molecule has 6 heteroatoms. The van der Waals surface area contributed by atoms with Crippen molar-refractivity contribution in [3.8, 4) is 0 Å². The molecular weight excluding hydrogens is 294 g/mol. The van der Waals surface area contributed by atoms with Crippen molar-refractivity contribution in [2.75, 3.05) is 13.6 Å². The largest absolute Gasteiger partial charge is 0.359 e. The standard InChI is InChI=1S/C17H21N3O3/c1-18-16(22)13-7-4-8-14(13)19-15(21)10-20-9-11-5-2-3-6-12(11)17(20)23/h2-3,5-6,13-14H,4,7-10H2,1H3,(H,18,22)(H,19,21)/t13-,14+/m1/s1. The molecular formula is C17H21N3O3. The van der Waals surface area contributed by atoms with E-state index in [1.54, 1.807) is 18.0 Å². The van der Waals surface area contributed by atoms with Crippen molar-refractivity contribution in [2.45, 2.75) is 31.8 Å². The number of nitrogens with one attached hydrogen (secondary N) is 2. The molecule has 1 aliphatic heterocycles. The molecule has 0 saturated heterocycles. The predicted molar refractivity (Wildman–Crippen MR) is 84.5 cm³/mol. The smallest absolute Gasteiger partial charge is 0.254 e. The molecule has 1 aromatic carbocycles. The number of carbonyl (C=O) groups is 3. The summed E-state index contributed by atoms with van der Waals surface area (Å²) in [5, 5.41) is 5.57. The van der Waals surface area contributed by atoms with Crippen LogP contribution < -0.4 is 10.6 Å². The highest BCUT2D eigenvalue weighted by atomic mass is 16.2. The van der Waals surface area contributed by atoms with E-state index in [1.807, 2.05) is 18.2 Å². The lowest BCUT2D eigenvalue weighted by molar-refractivity contribution is -0.126. The van der Waals surface area contributed by atoms with Gasteiger partial charge in [0, 0.05) is 25.2 Å². The van der Waals surface area contributed by atoms with Crippen molar-refractivity contribution in [1.82, 2.24) is 15.5 Å². The molecule has 6 nitrogen and oxygen atoms in total. The number of fused-ring (bicyclic) bond motifs is 1. The van der Waals surface area contributed by atoms with E-state index in [4.69, 9.17) is 0 Å². The van der Waals surface area contributed by atoms with Crippen LogP contribution in [0.25, 0.3) is 0 Å². The minimum absolute atomic E-state index is 0.0301. The summed E-state index contributed by atoms with van der Waals surface area (Å²) in [6.45, 7) is 0.496. The maximum Gasteiger partial charge on any atom is 0.254 e. The van der Waals surface area contributed by atoms with Crippen molar-refractivity contribution in [3.63, 3.8) is 0 Å². The molecule has 2 N–H and O–H groups in total. The van der Waals surface area contributed by atoms with Crippen LogP contribution in [0.5, 0.6) is 0 Å². The first-order valence-electron chi connectivity index (χ1n) is 7.98. The van der Waals surface area contributed by atoms with Crippen LogP contribution in [0.4, 0.5) is 0 Å². The highest BCUT2D eigenvalue weighted by molar-refractivity contribution is 6.00. The molecule has 1 heterocycles. The van der Waals surface area contributed by atoms with Gasteiger partial charge in [0.2, 0.25) is 11.8 Å². The highest BCUT2D eigenvalue weighted by Gasteiger charge is 2.34. The number of amides is 3. The number of rotatable bonds is 4. The lowest BCUT2D eigenvalue weighted by Gasteiger charge is -2.22. The molecule has 2 atom stereocenters. The zero-order valence-electron chi connectivity index (χ0n) is 13.2. The van der Waals surface area contributed by atoms with Crippen LogP contribution in [0.15, 0.2) is 24.3 Å². The van der Waals surface area contributed by atoms with Crippen LogP contribution in [0, 0.1) is 5.92 Å². The third-order valence-corrected chi connectivity index (χ3v) is 4.68. The monoisotopic (exact) mass is 315 g/mol. The van der Waals surface area contributed by atoms with E-state index in [0.717, 1.165) is 24.8 Å². The van der Waals surface area contributed by atoms with Crippen molar-refractivity contribution in [3.05, 3.63) is 35.4 Å². The maximum absolute atomic E-state index is 12.3. The second kappa shape index (κ2) is 6.40. The van der Waals surface area contributed by atoms with Crippen molar-refractivity contribution >= 4 is 17.7 Å². The van der Waals surface area contributed by atoms with E-state index >= 15 is 0 Å². The molecule has 1 aliphatic carbocycles. The summed E-state index contributed by atoms with van der Waals surface area (Å²) >= 11 is 0. The van der Waals surface area contributed by atoms with Gasteiger partial charge < -0.3 is 15.5 Å². The minimum atomic E-state index is -0.202. The van der Waals surface area contributed by atoms with E-state index in [9.17, 15) is 14.4 Å². The van der Waals surface area contributed by atoms with Gasteiger partial charge in [-0.05, 0) is 24.5 Å². The predicted octanol–water partition coefficient (Wildman–Crippen LogP) is 0.673. The Morgan fingerprint density at radius 1 is 1.26 bits per heavy atom. The molecule has 0 aromatic heterocycles. The first-order chi connectivity index (χ1) is 11.1. The summed E-state index contributed by atoms with van der Waals surface area (Å²) in [4.78, 5) is 37.9. The lowest BCUT2D eigenvalue weighted by atomic mass is 10.0. The van der Waals surface area contributed by atoms with Crippen LogP contribution >= 0.6 is 0 Å². The number of nitrogens with zero attached hydrogens (tertiary/aromatic N) is 1. The first-order valence-corrected chi connectivity index (χ1v) is 7.98. The summed E-state index contributed by atoms with van der Waals surface area (Å²) in [5.41, 5.74) is 1.62. The Morgan fingerprint density at radius 3 is 2.78 bits per heavy atom. The molecule has 0 unspecified atom stereocenters. The van der Waals surface area contributed by atoms with Gasteiger partial charge in [-0.3, -0.25) is 14.4 Å². The van der Waals surface area contributed by atoms with Gasteiger partial charge in [-0.2, -0.15) is 0 Å². The van der Waals surface area contributed by atoms with Gasteiger partial charge >= 0.3 is 0 Å². The van der Waals surface area contributed by atoms with Crippen molar-refractivity contribution < 1.29 is 14.4 Å². The topological polar surface area (TPSA) is 78.5 Å². The Hall–Kier alpha value is -2.37. The van der Waals surface area contributed by atoms with Gasteiger partial charge in [0.25, 0.3) is 5.91 Å². The summed E-state index contributed by atoms with van der Waals surface area (Å²) in [5.74, 6) is -0.509. The van der Waals surface area contributed by atoms with E-state index in [0.29, 0.717) is 12.1 Å². The zero-order valence-corrected chi connectivity index (χ0v) is 13.2. The minimum Gasteiger partial charge on any atom is -0.359 e. The number of carbonyl (C=O) groups excluding carboxylic acids is 3. The quantitative estimate of drug-likeness (QED) is 0.857. The molecule has 3 amide bonds. The van der Waals surface area contributed by atoms with Gasteiger partial charge in [0.1, 0.15) is 6.54 Å². The molecule has 0 spiro atoms. The third-order valence-electron chi connectivity index (χ3n) is 4.68. The fourth-order valence-electron chi connectivity index (χ4n) is 3.50. The van der Waals surface area contributed by atoms with E-state index in [2.05, 4.69) is 10.6 Å². The molecule has 0 bridgehead atoms. The average Bonchev–Trinajstić information content (AvgIpc) is 3.12. The fourth-order valence-corrected chi connectivity index (χ4v) is 3.50. The summed E-state index contributed by atoms with van der Waals surface area (Å²) in [7, 11) is 1.61. The molecule has 1 aromatic rings. The van der Waals surface area contributed by atoms with E-state index in [-0.39, 0.29) is 36.2 Å². The van der Waals surface area contributed by atoms with Crippen LogP contribution in [-0.4, -0.2) is 42.3 Å². The Morgan fingerprint density at radius 2 is 2.04 bits per heavy atom. The normalized spacial score (nSPS) is 22.8. The Labute approximate surface area is 135 Å². The van der Waals surface area contributed by atoms with Crippen molar-refractivity contribution in [1.29, 1.82) is 0 Å². The van der Waals surface area contributed by atoms with Gasteiger partial charge in [-0.1, -0.05) is 24.6 Å². The summed E-state index contributed by atoms with van der Waals surface area (Å²) < 4.78 is 0. The molecule has 2 aliphatic rings. The Kier molecular flexibility index (Phi) is 4.32. The Bertz CT molecular complexity index is 644. The van der Waals surface area contributed by atoms with Crippen LogP contribution in [0.1, 0.15) is 35.2 Å². The summed E-state index contributed by atoms with van der Waals surface area (Å²) in [6.07, 6.45) is 2.52. The van der Waals surface area contributed by atoms with Gasteiger partial charge in [-0.25, -0.2) is 0 Å². The Balaban J connectivity index is 1.58. The second-order valence-corrected chi connectivity index (χ2v) is 6.14. The zero-order chi connectivity index (χ0) is 16.4. The molecule has 122 valence electrons. The number of hydrogen-bond acceptors (Lipinski definition) is 3. The van der Waals surface area contributed by atoms with E-state index in [1.165, 1.54) is 0 Å². The average molecular weight is 315 g/mol. The van der Waals surface area contributed by atoms with Crippen LogP contribution in [0.3, 0.4) is 0 Å². The molecule has 0 radical (unpaired) electrons. The third kappa shape index (κ3) is 3.06. The van der Waals surface area contributed by atoms with Gasteiger partial charge in [0.05, 0.1) is 5.92 Å². The van der Waals surface area contributed by atoms with E-state index < -0.39 is 0 Å². The second-order valence-electron chi connectivity index (χ2n) is 6.14. The van der Waals surface area contributed by atoms with Crippen LogP contribution in [0.2, 0.25) is 0 Å². The molecule has 1 saturated carbocycles. The first kappa shape index (κ1) is 15.5. The molecule has 1 fully saturated rings. The summed E-state index contributed by atoms with van der Waals surface area (Å²) in [6, 6.07) is 7.27.